The van der Waals surface area contributed by atoms with Gasteiger partial charge in [0.05, 0.1) is 24.0 Å². The van der Waals surface area contributed by atoms with E-state index in [2.05, 4.69) is 21.4 Å². The largest absolute Gasteiger partial charge is 0.460 e. The van der Waals surface area contributed by atoms with Crippen LogP contribution in [-0.2, 0) is 16.0 Å². The number of carbonyl (C=O) groups excluding carboxylic acids is 1. The lowest BCUT2D eigenvalue weighted by molar-refractivity contribution is -0.135. The van der Waals surface area contributed by atoms with E-state index in [1.54, 1.807) is 0 Å². The molecule has 0 saturated heterocycles. The molecule has 2 aromatic rings. The van der Waals surface area contributed by atoms with Gasteiger partial charge in [-0.05, 0) is 43.2 Å². The van der Waals surface area contributed by atoms with Crippen LogP contribution in [0.25, 0.3) is 0 Å². The van der Waals surface area contributed by atoms with Gasteiger partial charge >= 0.3 is 6.01 Å². The summed E-state index contributed by atoms with van der Waals surface area (Å²) in [7, 11) is 0. The summed E-state index contributed by atoms with van der Waals surface area (Å²) in [5.41, 5.74) is 2.18. The Balaban J connectivity index is 1.29. The Morgan fingerprint density at radius 2 is 1.89 bits per heavy atom. The summed E-state index contributed by atoms with van der Waals surface area (Å²) in [4.78, 5) is 20.9. The van der Waals surface area contributed by atoms with Gasteiger partial charge in [0.2, 0.25) is 0 Å². The van der Waals surface area contributed by atoms with E-state index < -0.39 is 6.10 Å². The first kappa shape index (κ1) is 18.2. The molecule has 2 heterocycles. The molecule has 0 bridgehead atoms. The molecule has 0 radical (unpaired) electrons. The highest BCUT2D eigenvalue weighted by atomic mass is 35.5. The van der Waals surface area contributed by atoms with Gasteiger partial charge in [-0.2, -0.15) is 0 Å². The summed E-state index contributed by atoms with van der Waals surface area (Å²) < 4.78 is 11.6. The van der Waals surface area contributed by atoms with Crippen LogP contribution in [-0.4, -0.2) is 34.6 Å². The SMILES string of the molecule is O=C(NC1CCC(Oc2ncc(Cl)cn2)CC1)C1OCCc2ccccc21. The second-order valence-corrected chi connectivity index (χ2v) is 7.42. The fourth-order valence-electron chi connectivity index (χ4n) is 3.72. The van der Waals surface area contributed by atoms with E-state index in [1.807, 2.05) is 18.2 Å². The van der Waals surface area contributed by atoms with Gasteiger partial charge in [0.1, 0.15) is 6.10 Å². The van der Waals surface area contributed by atoms with Crippen molar-refractivity contribution in [3.05, 3.63) is 52.8 Å². The Hall–Kier alpha value is -2.18. The Morgan fingerprint density at radius 3 is 2.67 bits per heavy atom. The van der Waals surface area contributed by atoms with Gasteiger partial charge in [0, 0.05) is 6.04 Å². The summed E-state index contributed by atoms with van der Waals surface area (Å²) in [6.45, 7) is 0.580. The summed E-state index contributed by atoms with van der Waals surface area (Å²) >= 11 is 5.79. The third-order valence-corrected chi connectivity index (χ3v) is 5.32. The van der Waals surface area contributed by atoms with Crippen molar-refractivity contribution in [2.75, 3.05) is 6.61 Å². The van der Waals surface area contributed by atoms with Crippen molar-refractivity contribution in [2.45, 2.75) is 50.4 Å². The van der Waals surface area contributed by atoms with Crippen LogP contribution < -0.4 is 10.1 Å². The number of carbonyl (C=O) groups is 1. The quantitative estimate of drug-likeness (QED) is 0.871. The molecule has 1 saturated carbocycles. The van der Waals surface area contributed by atoms with Crippen LogP contribution in [0.3, 0.4) is 0 Å². The number of nitrogens with one attached hydrogen (secondary N) is 1. The summed E-state index contributed by atoms with van der Waals surface area (Å²) in [5.74, 6) is -0.0486. The van der Waals surface area contributed by atoms with Crippen LogP contribution in [0.15, 0.2) is 36.7 Å². The minimum atomic E-state index is -0.508. The smallest absolute Gasteiger partial charge is 0.316 e. The molecule has 1 aliphatic carbocycles. The standard InChI is InChI=1S/C20H22ClN3O3/c21-14-11-22-20(23-12-14)27-16-7-5-15(6-8-16)24-19(25)18-17-4-2-1-3-13(17)9-10-26-18/h1-4,11-12,15-16,18H,5-10H2,(H,24,25). The predicted molar refractivity (Wildman–Crippen MR) is 101 cm³/mol. The summed E-state index contributed by atoms with van der Waals surface area (Å²) in [5, 5.41) is 3.64. The van der Waals surface area contributed by atoms with Crippen LogP contribution in [0.4, 0.5) is 0 Å². The molecule has 142 valence electrons. The van der Waals surface area contributed by atoms with Crippen molar-refractivity contribution in [2.24, 2.45) is 0 Å². The lowest BCUT2D eigenvalue weighted by atomic mass is 9.92. The van der Waals surface area contributed by atoms with E-state index in [0.717, 1.165) is 37.7 Å². The molecule has 6 nitrogen and oxygen atoms in total. The van der Waals surface area contributed by atoms with Crippen molar-refractivity contribution in [3.63, 3.8) is 0 Å². The van der Waals surface area contributed by atoms with Gasteiger partial charge in [-0.15, -0.1) is 0 Å². The van der Waals surface area contributed by atoms with Gasteiger partial charge in [-0.25, -0.2) is 9.97 Å². The van der Waals surface area contributed by atoms with E-state index in [0.29, 0.717) is 17.6 Å². The number of ether oxygens (including phenoxy) is 2. The number of hydrogen-bond acceptors (Lipinski definition) is 5. The first-order valence-electron chi connectivity index (χ1n) is 9.33. The second kappa shape index (κ2) is 8.23. The fourth-order valence-corrected chi connectivity index (χ4v) is 3.82. The molecular formula is C20H22ClN3O3. The monoisotopic (exact) mass is 387 g/mol. The van der Waals surface area contributed by atoms with E-state index >= 15 is 0 Å². The van der Waals surface area contributed by atoms with Crippen LogP contribution in [0.5, 0.6) is 6.01 Å². The highest BCUT2D eigenvalue weighted by Gasteiger charge is 2.30. The van der Waals surface area contributed by atoms with E-state index in [-0.39, 0.29) is 18.1 Å². The number of rotatable bonds is 4. The third-order valence-electron chi connectivity index (χ3n) is 5.12. The molecule has 1 fully saturated rings. The number of halogens is 1. The first-order chi connectivity index (χ1) is 13.2. The van der Waals surface area contributed by atoms with Gasteiger partial charge in [-0.3, -0.25) is 4.79 Å². The molecule has 2 aliphatic rings. The van der Waals surface area contributed by atoms with E-state index in [4.69, 9.17) is 21.1 Å². The summed E-state index contributed by atoms with van der Waals surface area (Å²) in [6, 6.07) is 8.50. The first-order valence-corrected chi connectivity index (χ1v) is 9.71. The van der Waals surface area contributed by atoms with Crippen LogP contribution in [0.2, 0.25) is 5.02 Å². The number of fused-ring (bicyclic) bond motifs is 1. The fraction of sp³-hybridized carbons (Fsp3) is 0.450. The van der Waals surface area contributed by atoms with Crippen molar-refractivity contribution in [3.8, 4) is 6.01 Å². The van der Waals surface area contributed by atoms with Crippen molar-refractivity contribution in [1.82, 2.24) is 15.3 Å². The Kier molecular flexibility index (Phi) is 5.55. The highest BCUT2D eigenvalue weighted by Crippen LogP contribution is 2.28. The second-order valence-electron chi connectivity index (χ2n) is 6.98. The molecule has 1 N–H and O–H groups in total. The highest BCUT2D eigenvalue weighted by molar-refractivity contribution is 6.30. The molecule has 0 spiro atoms. The maximum absolute atomic E-state index is 12.7. The van der Waals surface area contributed by atoms with Crippen LogP contribution in [0, 0.1) is 0 Å². The minimum Gasteiger partial charge on any atom is -0.460 e. The maximum atomic E-state index is 12.7. The Labute approximate surface area is 163 Å². The Bertz CT molecular complexity index is 791. The van der Waals surface area contributed by atoms with Gasteiger partial charge in [0.25, 0.3) is 5.91 Å². The molecule has 1 atom stereocenters. The molecule has 1 unspecified atom stereocenters. The zero-order valence-electron chi connectivity index (χ0n) is 14.9. The molecule has 27 heavy (non-hydrogen) atoms. The van der Waals surface area contributed by atoms with Gasteiger partial charge in [-0.1, -0.05) is 35.9 Å². The maximum Gasteiger partial charge on any atom is 0.316 e. The molecule has 1 amide bonds. The van der Waals surface area contributed by atoms with Crippen molar-refractivity contribution in [1.29, 1.82) is 0 Å². The average molecular weight is 388 g/mol. The third kappa shape index (κ3) is 4.39. The van der Waals surface area contributed by atoms with E-state index in [9.17, 15) is 4.79 Å². The zero-order valence-corrected chi connectivity index (χ0v) is 15.7. The number of amides is 1. The molecule has 4 rings (SSSR count). The summed E-state index contributed by atoms with van der Waals surface area (Å²) in [6.07, 6.45) is 6.87. The molecule has 7 heteroatoms. The minimum absolute atomic E-state index is 0.0486. The van der Waals surface area contributed by atoms with Gasteiger partial charge < -0.3 is 14.8 Å². The van der Waals surface area contributed by atoms with Crippen LogP contribution >= 0.6 is 11.6 Å². The van der Waals surface area contributed by atoms with Gasteiger partial charge in [0.15, 0.2) is 6.10 Å². The molecular weight excluding hydrogens is 366 g/mol. The molecule has 1 aromatic heterocycles. The van der Waals surface area contributed by atoms with Crippen LogP contribution in [0.1, 0.15) is 42.9 Å². The number of benzene rings is 1. The average Bonchev–Trinajstić information content (AvgIpc) is 2.71. The lowest BCUT2D eigenvalue weighted by Gasteiger charge is -2.31. The van der Waals surface area contributed by atoms with Crippen molar-refractivity contribution >= 4 is 17.5 Å². The normalized spacial score (nSPS) is 24.7. The number of aromatic nitrogens is 2. The number of hydrogen-bond donors (Lipinski definition) is 1. The zero-order chi connectivity index (χ0) is 18.6. The molecule has 1 aliphatic heterocycles. The number of nitrogens with zero attached hydrogens (tertiary/aromatic N) is 2. The lowest BCUT2D eigenvalue weighted by Crippen LogP contribution is -2.43. The topological polar surface area (TPSA) is 73.3 Å². The molecule has 1 aromatic carbocycles. The van der Waals surface area contributed by atoms with Crippen molar-refractivity contribution < 1.29 is 14.3 Å². The predicted octanol–water partition coefficient (Wildman–Crippen LogP) is 3.25. The van der Waals surface area contributed by atoms with E-state index in [1.165, 1.54) is 18.0 Å². The Morgan fingerprint density at radius 1 is 1.15 bits per heavy atom.